The van der Waals surface area contributed by atoms with Crippen LogP contribution in [0.5, 0.6) is 0 Å². The maximum absolute atomic E-state index is 6.59. The van der Waals surface area contributed by atoms with Gasteiger partial charge in [-0.3, -0.25) is 0 Å². The first-order valence-corrected chi connectivity index (χ1v) is 17.0. The fraction of sp³-hybridized carbons (Fsp3) is 0.0638. The Morgan fingerprint density at radius 3 is 2.00 bits per heavy atom. The minimum absolute atomic E-state index is 0.113. The molecule has 2 nitrogen and oxygen atoms in total. The average Bonchev–Trinajstić information content (AvgIpc) is 3.64. The molecule has 232 valence electrons. The predicted molar refractivity (Wildman–Crippen MR) is 206 cm³/mol. The Bertz CT molecular complexity index is 2750. The number of fused-ring (bicyclic) bond motifs is 9. The van der Waals surface area contributed by atoms with E-state index in [4.69, 9.17) is 4.42 Å². The van der Waals surface area contributed by atoms with Gasteiger partial charge in [-0.2, -0.15) is 0 Å². The van der Waals surface area contributed by atoms with Gasteiger partial charge in [-0.05, 0) is 74.3 Å². The molecule has 9 aromatic rings. The molecule has 0 fully saturated rings. The van der Waals surface area contributed by atoms with Crippen molar-refractivity contribution in [1.29, 1.82) is 0 Å². The molecule has 0 N–H and O–H groups in total. The molecule has 8 aromatic carbocycles. The predicted octanol–water partition coefficient (Wildman–Crippen LogP) is 13.3. The van der Waals surface area contributed by atoms with E-state index >= 15 is 0 Å². The molecule has 0 atom stereocenters. The van der Waals surface area contributed by atoms with Crippen molar-refractivity contribution in [3.8, 4) is 22.3 Å². The SMILES string of the molecule is CC1(C)c2ccccc2-c2c(N(c3ccc(-c4ccc5ccccc5c4)cc3)c3cc4oc5ccccc5c4c4ccccc34)cccc21. The number of rotatable bonds is 4. The summed E-state index contributed by atoms with van der Waals surface area (Å²) in [5, 5.41) is 7.17. The lowest BCUT2D eigenvalue weighted by molar-refractivity contribution is 0.660. The summed E-state index contributed by atoms with van der Waals surface area (Å²) in [7, 11) is 0. The van der Waals surface area contributed by atoms with E-state index in [-0.39, 0.29) is 5.41 Å². The van der Waals surface area contributed by atoms with Crippen LogP contribution in [0.15, 0.2) is 168 Å². The smallest absolute Gasteiger partial charge is 0.138 e. The van der Waals surface area contributed by atoms with Crippen LogP contribution >= 0.6 is 0 Å². The highest BCUT2D eigenvalue weighted by Crippen LogP contribution is 2.55. The zero-order valence-electron chi connectivity index (χ0n) is 27.4. The molecule has 0 amide bonds. The van der Waals surface area contributed by atoms with Gasteiger partial charge in [0.05, 0.1) is 11.4 Å². The molecule has 1 aliphatic carbocycles. The first-order valence-electron chi connectivity index (χ1n) is 17.0. The molecule has 1 heterocycles. The van der Waals surface area contributed by atoms with Crippen molar-refractivity contribution in [3.05, 3.63) is 175 Å². The number of nitrogens with zero attached hydrogens (tertiary/aromatic N) is 1. The Morgan fingerprint density at radius 1 is 0.469 bits per heavy atom. The molecule has 49 heavy (non-hydrogen) atoms. The number of para-hydroxylation sites is 1. The largest absolute Gasteiger partial charge is 0.456 e. The summed E-state index contributed by atoms with van der Waals surface area (Å²) in [4.78, 5) is 2.45. The van der Waals surface area contributed by atoms with Crippen LogP contribution in [-0.4, -0.2) is 0 Å². The molecular weight excluding hydrogens is 595 g/mol. The number of benzene rings is 8. The maximum Gasteiger partial charge on any atom is 0.138 e. The van der Waals surface area contributed by atoms with Gasteiger partial charge in [-0.1, -0.05) is 141 Å². The van der Waals surface area contributed by atoms with E-state index in [0.717, 1.165) is 39.0 Å². The third kappa shape index (κ3) is 4.14. The Balaban J connectivity index is 1.24. The second-order valence-electron chi connectivity index (χ2n) is 13.7. The number of hydrogen-bond donors (Lipinski definition) is 0. The van der Waals surface area contributed by atoms with Crippen LogP contribution in [0.1, 0.15) is 25.0 Å². The molecule has 10 rings (SSSR count). The van der Waals surface area contributed by atoms with Crippen molar-refractivity contribution >= 4 is 60.5 Å². The molecule has 1 aliphatic rings. The van der Waals surface area contributed by atoms with E-state index in [1.807, 2.05) is 6.07 Å². The lowest BCUT2D eigenvalue weighted by atomic mass is 9.82. The molecule has 0 saturated heterocycles. The van der Waals surface area contributed by atoms with Crippen LogP contribution in [0.4, 0.5) is 17.1 Å². The van der Waals surface area contributed by atoms with E-state index in [2.05, 4.69) is 176 Å². The van der Waals surface area contributed by atoms with Crippen LogP contribution in [0.25, 0.3) is 65.7 Å². The maximum atomic E-state index is 6.59. The summed E-state index contributed by atoms with van der Waals surface area (Å²) in [6.45, 7) is 4.69. The van der Waals surface area contributed by atoms with Crippen LogP contribution in [0, 0.1) is 0 Å². The van der Waals surface area contributed by atoms with Gasteiger partial charge < -0.3 is 9.32 Å². The molecule has 0 saturated carbocycles. The molecular formula is C47H33NO. The van der Waals surface area contributed by atoms with Crippen molar-refractivity contribution in [2.75, 3.05) is 4.90 Å². The Labute approximate surface area is 285 Å². The molecule has 2 heteroatoms. The van der Waals surface area contributed by atoms with E-state index in [1.54, 1.807) is 0 Å². The normalized spacial score (nSPS) is 13.3. The third-order valence-corrected chi connectivity index (χ3v) is 10.6. The summed E-state index contributed by atoms with van der Waals surface area (Å²) in [6.07, 6.45) is 0. The van der Waals surface area contributed by atoms with Gasteiger partial charge >= 0.3 is 0 Å². The van der Waals surface area contributed by atoms with E-state index < -0.39 is 0 Å². The molecule has 0 radical (unpaired) electrons. The van der Waals surface area contributed by atoms with E-state index in [0.29, 0.717) is 0 Å². The highest BCUT2D eigenvalue weighted by atomic mass is 16.3. The zero-order chi connectivity index (χ0) is 32.7. The summed E-state index contributed by atoms with van der Waals surface area (Å²) in [5.41, 5.74) is 12.7. The lowest BCUT2D eigenvalue weighted by Crippen LogP contribution is -2.16. The second kappa shape index (κ2) is 10.4. The average molecular weight is 628 g/mol. The number of anilines is 3. The number of furan rings is 1. The standard InChI is InChI=1S/C47H33NO/c1-47(2)39-18-9-7-16-37(39)46-40(47)19-11-20-41(46)48(34-26-24-31(25-27-34)33-23-22-30-12-3-4-13-32(30)28-33)42-29-44-45(36-15-6-5-14-35(36)42)38-17-8-10-21-43(38)49-44/h3-29H,1-2H3. The van der Waals surface area contributed by atoms with Gasteiger partial charge in [0.15, 0.2) is 0 Å². The summed E-state index contributed by atoms with van der Waals surface area (Å²) < 4.78 is 6.59. The fourth-order valence-corrected chi connectivity index (χ4v) is 8.26. The van der Waals surface area contributed by atoms with Crippen molar-refractivity contribution < 1.29 is 4.42 Å². The van der Waals surface area contributed by atoms with Crippen molar-refractivity contribution in [1.82, 2.24) is 0 Å². The van der Waals surface area contributed by atoms with Crippen LogP contribution in [-0.2, 0) is 5.41 Å². The van der Waals surface area contributed by atoms with Gasteiger partial charge in [0, 0.05) is 38.9 Å². The number of hydrogen-bond acceptors (Lipinski definition) is 2. The molecule has 0 bridgehead atoms. The second-order valence-corrected chi connectivity index (χ2v) is 13.7. The van der Waals surface area contributed by atoms with Crippen LogP contribution in [0.2, 0.25) is 0 Å². The topological polar surface area (TPSA) is 16.4 Å². The summed E-state index contributed by atoms with van der Waals surface area (Å²) in [6, 6.07) is 59.4. The molecule has 0 spiro atoms. The highest BCUT2D eigenvalue weighted by Gasteiger charge is 2.38. The first kappa shape index (κ1) is 27.9. The quantitative estimate of drug-likeness (QED) is 0.193. The van der Waals surface area contributed by atoms with Crippen LogP contribution < -0.4 is 4.90 Å². The Morgan fingerprint density at radius 2 is 1.14 bits per heavy atom. The van der Waals surface area contributed by atoms with Gasteiger partial charge in [0.1, 0.15) is 11.2 Å². The molecule has 0 aliphatic heterocycles. The minimum Gasteiger partial charge on any atom is -0.456 e. The summed E-state index contributed by atoms with van der Waals surface area (Å²) >= 11 is 0. The van der Waals surface area contributed by atoms with Gasteiger partial charge in [0.25, 0.3) is 0 Å². The Kier molecular flexibility index (Phi) is 5.95. The van der Waals surface area contributed by atoms with Crippen LogP contribution in [0.3, 0.4) is 0 Å². The first-order chi connectivity index (χ1) is 24.1. The van der Waals surface area contributed by atoms with Gasteiger partial charge in [0.2, 0.25) is 0 Å². The van der Waals surface area contributed by atoms with E-state index in [1.165, 1.54) is 54.9 Å². The minimum atomic E-state index is -0.113. The summed E-state index contributed by atoms with van der Waals surface area (Å²) in [5.74, 6) is 0. The molecule has 1 aromatic heterocycles. The highest BCUT2D eigenvalue weighted by molar-refractivity contribution is 6.22. The monoisotopic (exact) mass is 627 g/mol. The van der Waals surface area contributed by atoms with Gasteiger partial charge in [-0.15, -0.1) is 0 Å². The van der Waals surface area contributed by atoms with Gasteiger partial charge in [-0.25, -0.2) is 0 Å². The van der Waals surface area contributed by atoms with Crippen molar-refractivity contribution in [2.24, 2.45) is 0 Å². The third-order valence-electron chi connectivity index (χ3n) is 10.6. The van der Waals surface area contributed by atoms with E-state index in [9.17, 15) is 0 Å². The Hall–Kier alpha value is -6.12. The fourth-order valence-electron chi connectivity index (χ4n) is 8.26. The van der Waals surface area contributed by atoms with Crippen molar-refractivity contribution in [2.45, 2.75) is 19.3 Å². The molecule has 0 unspecified atom stereocenters. The lowest BCUT2D eigenvalue weighted by Gasteiger charge is -2.30. The zero-order valence-corrected chi connectivity index (χ0v) is 27.4. The van der Waals surface area contributed by atoms with Crippen molar-refractivity contribution in [3.63, 3.8) is 0 Å².